The Hall–Kier alpha value is -1.66. The number of carbonyl (C=O) groups is 1. The van der Waals surface area contributed by atoms with Crippen molar-refractivity contribution in [2.24, 2.45) is 0 Å². The molecule has 5 N–H and O–H groups in total. The fourth-order valence-corrected chi connectivity index (χ4v) is 3.34. The van der Waals surface area contributed by atoms with Gasteiger partial charge in [0.15, 0.2) is 12.5 Å². The SMILES string of the molecule is CCCCO[C@H]1O[C@H](C(O)N(Cc2ccc(OC)cc2)C(=O)NCCCl)[C@@H](O)[C@H](O)[C@H]1O. The van der Waals surface area contributed by atoms with Crippen molar-refractivity contribution in [2.75, 3.05) is 26.1 Å². The van der Waals surface area contributed by atoms with Crippen LogP contribution in [-0.2, 0) is 16.0 Å². The van der Waals surface area contributed by atoms with Crippen molar-refractivity contribution < 1.29 is 39.4 Å². The van der Waals surface area contributed by atoms with Crippen LogP contribution in [-0.4, -0.2) is 94.4 Å². The van der Waals surface area contributed by atoms with Crippen LogP contribution in [0, 0.1) is 0 Å². The molecule has 1 aliphatic heterocycles. The number of benzene rings is 1. The van der Waals surface area contributed by atoms with Crippen molar-refractivity contribution in [2.45, 2.75) is 63.2 Å². The number of aliphatic hydroxyl groups is 4. The van der Waals surface area contributed by atoms with E-state index in [4.69, 9.17) is 25.8 Å². The second-order valence-corrected chi connectivity index (χ2v) is 7.85. The molecule has 2 rings (SSSR count). The summed E-state index contributed by atoms with van der Waals surface area (Å²) in [6, 6.07) is 6.22. The van der Waals surface area contributed by atoms with Gasteiger partial charge in [0.25, 0.3) is 0 Å². The van der Waals surface area contributed by atoms with E-state index >= 15 is 0 Å². The first-order valence-electron chi connectivity index (χ1n) is 10.6. The lowest BCUT2D eigenvalue weighted by Gasteiger charge is -2.44. The minimum Gasteiger partial charge on any atom is -0.497 e. The van der Waals surface area contributed by atoms with E-state index in [1.807, 2.05) is 6.92 Å². The predicted molar refractivity (Wildman–Crippen MR) is 116 cm³/mol. The van der Waals surface area contributed by atoms with E-state index in [1.165, 1.54) is 7.11 Å². The molecule has 1 fully saturated rings. The third kappa shape index (κ3) is 6.92. The van der Waals surface area contributed by atoms with Crippen LogP contribution < -0.4 is 10.1 Å². The zero-order chi connectivity index (χ0) is 23.7. The van der Waals surface area contributed by atoms with Crippen LogP contribution >= 0.6 is 11.6 Å². The lowest BCUT2D eigenvalue weighted by atomic mass is 9.97. The molecule has 0 aliphatic carbocycles. The molecule has 2 amide bonds. The van der Waals surface area contributed by atoms with Gasteiger partial charge in [-0.05, 0) is 24.1 Å². The molecule has 10 nitrogen and oxygen atoms in total. The minimum atomic E-state index is -1.66. The Balaban J connectivity index is 2.22. The summed E-state index contributed by atoms with van der Waals surface area (Å²) in [5.74, 6) is 0.793. The average Bonchev–Trinajstić information content (AvgIpc) is 2.81. The molecule has 0 saturated carbocycles. The van der Waals surface area contributed by atoms with Gasteiger partial charge in [0.05, 0.1) is 13.7 Å². The minimum absolute atomic E-state index is 0.0358. The number of alkyl halides is 1. The number of unbranched alkanes of at least 4 members (excludes halogenated alkanes) is 1. The van der Waals surface area contributed by atoms with E-state index in [0.29, 0.717) is 17.7 Å². The molecule has 0 aromatic heterocycles. The van der Waals surface area contributed by atoms with Crippen molar-refractivity contribution in [3.05, 3.63) is 29.8 Å². The van der Waals surface area contributed by atoms with Gasteiger partial charge in [-0.3, -0.25) is 4.90 Å². The predicted octanol–water partition coefficient (Wildman–Crippen LogP) is 0.388. The molecule has 32 heavy (non-hydrogen) atoms. The van der Waals surface area contributed by atoms with Gasteiger partial charge in [0, 0.05) is 19.0 Å². The number of aliphatic hydroxyl groups excluding tert-OH is 4. The van der Waals surface area contributed by atoms with E-state index in [1.54, 1.807) is 24.3 Å². The highest BCUT2D eigenvalue weighted by atomic mass is 35.5. The zero-order valence-corrected chi connectivity index (χ0v) is 19.0. The topological polar surface area (TPSA) is 141 Å². The fourth-order valence-electron chi connectivity index (χ4n) is 3.25. The number of nitrogens with zero attached hydrogens (tertiary/aromatic N) is 1. The van der Waals surface area contributed by atoms with Crippen LogP contribution in [0.5, 0.6) is 5.75 Å². The molecule has 1 unspecified atom stereocenters. The van der Waals surface area contributed by atoms with Crippen LogP contribution in [0.1, 0.15) is 25.3 Å². The molecule has 1 aromatic rings. The molecule has 0 spiro atoms. The van der Waals surface area contributed by atoms with Gasteiger partial charge in [0.2, 0.25) is 0 Å². The summed E-state index contributed by atoms with van der Waals surface area (Å²) in [7, 11) is 1.53. The highest BCUT2D eigenvalue weighted by Crippen LogP contribution is 2.27. The summed E-state index contributed by atoms with van der Waals surface area (Å²) in [5.41, 5.74) is 0.674. The molecule has 1 aliphatic rings. The number of halogens is 1. The van der Waals surface area contributed by atoms with Crippen molar-refractivity contribution in [3.8, 4) is 5.75 Å². The molecule has 0 bridgehead atoms. The Morgan fingerprint density at radius 2 is 1.91 bits per heavy atom. The highest BCUT2D eigenvalue weighted by molar-refractivity contribution is 6.18. The molecule has 182 valence electrons. The van der Waals surface area contributed by atoms with Gasteiger partial charge in [-0.15, -0.1) is 11.6 Å². The Kier molecular flexibility index (Phi) is 10.9. The van der Waals surface area contributed by atoms with Crippen LogP contribution in [0.3, 0.4) is 0 Å². The second-order valence-electron chi connectivity index (χ2n) is 7.48. The molecule has 1 saturated heterocycles. The quantitative estimate of drug-likeness (QED) is 0.175. The van der Waals surface area contributed by atoms with Crippen molar-refractivity contribution in [1.82, 2.24) is 10.2 Å². The maximum atomic E-state index is 12.7. The van der Waals surface area contributed by atoms with Gasteiger partial charge in [-0.25, -0.2) is 4.79 Å². The van der Waals surface area contributed by atoms with E-state index in [9.17, 15) is 25.2 Å². The van der Waals surface area contributed by atoms with Crippen molar-refractivity contribution >= 4 is 17.6 Å². The molecule has 6 atom stereocenters. The number of rotatable bonds is 11. The van der Waals surface area contributed by atoms with Crippen LogP contribution in [0.4, 0.5) is 4.79 Å². The van der Waals surface area contributed by atoms with E-state index < -0.39 is 43.0 Å². The maximum Gasteiger partial charge on any atom is 0.319 e. The highest BCUT2D eigenvalue weighted by Gasteiger charge is 2.48. The number of urea groups is 1. The number of methoxy groups -OCH3 is 1. The fraction of sp³-hybridized carbons (Fsp3) is 0.667. The first-order chi connectivity index (χ1) is 15.3. The Labute approximate surface area is 192 Å². The summed E-state index contributed by atoms with van der Waals surface area (Å²) in [6.07, 6.45) is -7.63. The summed E-state index contributed by atoms with van der Waals surface area (Å²) >= 11 is 5.66. The van der Waals surface area contributed by atoms with E-state index in [0.717, 1.165) is 11.3 Å². The first kappa shape index (κ1) is 26.6. The summed E-state index contributed by atoms with van der Waals surface area (Å²) in [5, 5.41) is 44.5. The Morgan fingerprint density at radius 1 is 1.22 bits per heavy atom. The third-order valence-corrected chi connectivity index (χ3v) is 5.33. The Morgan fingerprint density at radius 3 is 2.50 bits per heavy atom. The van der Waals surface area contributed by atoms with Gasteiger partial charge >= 0.3 is 6.03 Å². The number of nitrogens with one attached hydrogen (secondary N) is 1. The van der Waals surface area contributed by atoms with E-state index in [2.05, 4.69) is 5.32 Å². The monoisotopic (exact) mass is 476 g/mol. The largest absolute Gasteiger partial charge is 0.497 e. The standard InChI is InChI=1S/C21H33ClN2O8/c1-3-4-11-31-20-17(27)15(25)16(26)18(32-20)19(28)24(21(29)23-10-9-22)12-13-5-7-14(30-2)8-6-13/h5-8,15-20,25-28H,3-4,9-12H2,1-2H3,(H,23,29)/t15-,16-,17+,18-,19?,20-/m0/s1. The van der Waals surface area contributed by atoms with E-state index in [-0.39, 0.29) is 25.6 Å². The van der Waals surface area contributed by atoms with Crippen LogP contribution in [0.15, 0.2) is 24.3 Å². The van der Waals surface area contributed by atoms with Gasteiger partial charge < -0.3 is 40.0 Å². The molecule has 11 heteroatoms. The number of hydrogen-bond acceptors (Lipinski definition) is 8. The number of amides is 2. The van der Waals surface area contributed by atoms with Crippen LogP contribution in [0.25, 0.3) is 0 Å². The number of ether oxygens (including phenoxy) is 3. The average molecular weight is 477 g/mol. The molecule has 0 radical (unpaired) electrons. The molecule has 1 heterocycles. The van der Waals surface area contributed by atoms with Gasteiger partial charge in [0.1, 0.15) is 30.2 Å². The Bertz CT molecular complexity index is 695. The van der Waals surface area contributed by atoms with Crippen molar-refractivity contribution in [3.63, 3.8) is 0 Å². The maximum absolute atomic E-state index is 12.7. The number of hydrogen-bond donors (Lipinski definition) is 5. The second kappa shape index (κ2) is 13.1. The summed E-state index contributed by atoms with van der Waals surface area (Å²) < 4.78 is 16.2. The first-order valence-corrected chi connectivity index (χ1v) is 11.1. The van der Waals surface area contributed by atoms with Crippen LogP contribution in [0.2, 0.25) is 0 Å². The molecule has 1 aromatic carbocycles. The number of carbonyl (C=O) groups excluding carboxylic acids is 1. The molecular formula is C21H33ClN2O8. The van der Waals surface area contributed by atoms with Crippen molar-refractivity contribution in [1.29, 1.82) is 0 Å². The lowest BCUT2D eigenvalue weighted by Crippen LogP contribution is -2.64. The molecular weight excluding hydrogens is 444 g/mol. The van der Waals surface area contributed by atoms with Gasteiger partial charge in [-0.2, -0.15) is 0 Å². The smallest absolute Gasteiger partial charge is 0.319 e. The summed E-state index contributed by atoms with van der Waals surface area (Å²) in [4.78, 5) is 13.8. The third-order valence-electron chi connectivity index (χ3n) is 5.14. The normalized spacial score (nSPS) is 26.4. The zero-order valence-electron chi connectivity index (χ0n) is 18.3. The lowest BCUT2D eigenvalue weighted by molar-refractivity contribution is -0.318. The van der Waals surface area contributed by atoms with Gasteiger partial charge in [-0.1, -0.05) is 25.5 Å². The summed E-state index contributed by atoms with van der Waals surface area (Å²) in [6.45, 7) is 2.34.